The van der Waals surface area contributed by atoms with E-state index in [4.69, 9.17) is 5.73 Å². The lowest BCUT2D eigenvalue weighted by molar-refractivity contribution is -0.123. The van der Waals surface area contributed by atoms with Crippen molar-refractivity contribution in [2.75, 3.05) is 18.0 Å². The van der Waals surface area contributed by atoms with Crippen molar-refractivity contribution in [2.45, 2.75) is 38.8 Å². The molecular formula is C16H26BrCl2N3O. The minimum atomic E-state index is -0.400. The molecule has 3 N–H and O–H groups in total. The third-order valence-corrected chi connectivity index (χ3v) is 4.46. The summed E-state index contributed by atoms with van der Waals surface area (Å²) < 4.78 is 1.09. The minimum Gasteiger partial charge on any atom is -0.368 e. The molecule has 0 aromatic heterocycles. The van der Waals surface area contributed by atoms with Crippen LogP contribution in [0.15, 0.2) is 28.7 Å². The van der Waals surface area contributed by atoms with Crippen molar-refractivity contribution in [1.29, 1.82) is 0 Å². The van der Waals surface area contributed by atoms with E-state index >= 15 is 0 Å². The van der Waals surface area contributed by atoms with Crippen LogP contribution in [-0.4, -0.2) is 31.1 Å². The second kappa shape index (κ2) is 10.4. The molecule has 1 aliphatic rings. The Morgan fingerprint density at radius 3 is 2.65 bits per heavy atom. The van der Waals surface area contributed by atoms with Gasteiger partial charge in [-0.05, 0) is 46.8 Å². The lowest BCUT2D eigenvalue weighted by Gasteiger charge is -2.21. The van der Waals surface area contributed by atoms with Crippen LogP contribution in [0.25, 0.3) is 0 Å². The summed E-state index contributed by atoms with van der Waals surface area (Å²) in [5, 5.41) is 3.08. The van der Waals surface area contributed by atoms with Gasteiger partial charge in [-0.15, -0.1) is 24.8 Å². The van der Waals surface area contributed by atoms with E-state index in [0.29, 0.717) is 5.92 Å². The van der Waals surface area contributed by atoms with Gasteiger partial charge in [0, 0.05) is 23.6 Å². The fourth-order valence-corrected chi connectivity index (χ4v) is 3.26. The van der Waals surface area contributed by atoms with E-state index in [9.17, 15) is 4.79 Å². The molecule has 2 rings (SSSR count). The molecule has 1 heterocycles. The second-order valence-corrected chi connectivity index (χ2v) is 6.98. The molecule has 0 bridgehead atoms. The van der Waals surface area contributed by atoms with Gasteiger partial charge in [-0.1, -0.05) is 26.0 Å². The number of amides is 1. The molecule has 1 saturated heterocycles. The van der Waals surface area contributed by atoms with Crippen molar-refractivity contribution in [2.24, 2.45) is 11.7 Å². The van der Waals surface area contributed by atoms with Gasteiger partial charge in [-0.25, -0.2) is 0 Å². The molecule has 0 aliphatic carbocycles. The van der Waals surface area contributed by atoms with E-state index in [1.54, 1.807) is 0 Å². The van der Waals surface area contributed by atoms with E-state index in [1.807, 2.05) is 18.2 Å². The van der Waals surface area contributed by atoms with Gasteiger partial charge in [0.05, 0.1) is 11.7 Å². The highest BCUT2D eigenvalue weighted by atomic mass is 79.9. The Morgan fingerprint density at radius 2 is 2.04 bits per heavy atom. The van der Waals surface area contributed by atoms with E-state index in [2.05, 4.69) is 46.1 Å². The molecule has 1 aliphatic heterocycles. The average molecular weight is 427 g/mol. The Kier molecular flexibility index (Phi) is 10.2. The number of para-hydroxylation sites is 1. The van der Waals surface area contributed by atoms with Crippen LogP contribution in [-0.2, 0) is 4.79 Å². The van der Waals surface area contributed by atoms with Crippen LogP contribution < -0.4 is 16.0 Å². The molecule has 1 unspecified atom stereocenters. The number of nitrogens with two attached hydrogens (primary N) is 1. The Morgan fingerprint density at radius 1 is 1.39 bits per heavy atom. The fourth-order valence-electron chi connectivity index (χ4n) is 2.73. The molecule has 23 heavy (non-hydrogen) atoms. The third kappa shape index (κ3) is 6.49. The number of anilines is 1. The summed E-state index contributed by atoms with van der Waals surface area (Å²) in [4.78, 5) is 14.4. The van der Waals surface area contributed by atoms with Crippen LogP contribution in [0.1, 0.15) is 26.7 Å². The molecule has 132 valence electrons. The van der Waals surface area contributed by atoms with Crippen LogP contribution in [0.4, 0.5) is 5.69 Å². The zero-order valence-electron chi connectivity index (χ0n) is 13.5. The summed E-state index contributed by atoms with van der Waals surface area (Å²) in [5.74, 6) is 0.411. The fraction of sp³-hybridized carbons (Fsp3) is 0.562. The molecule has 4 nitrogen and oxygen atoms in total. The standard InChI is InChI=1S/C16H24BrN3O.2ClH/c1-11(2)9-14(18)16(21)19-12-7-8-20(10-12)15-6-4-3-5-13(15)17;;/h3-6,11-12,14H,7-10,18H2,1-2H3,(H,19,21);2*1H/t12?,14-;;/m0../s1. The van der Waals surface area contributed by atoms with Crippen molar-refractivity contribution in [3.63, 3.8) is 0 Å². The van der Waals surface area contributed by atoms with Gasteiger partial charge in [0.2, 0.25) is 5.91 Å². The highest BCUT2D eigenvalue weighted by Gasteiger charge is 2.26. The smallest absolute Gasteiger partial charge is 0.237 e. The molecule has 7 heteroatoms. The van der Waals surface area contributed by atoms with Crippen LogP contribution >= 0.6 is 40.7 Å². The predicted molar refractivity (Wildman–Crippen MR) is 105 cm³/mol. The molecule has 2 atom stereocenters. The Hall–Kier alpha value is -0.490. The summed E-state index contributed by atoms with van der Waals surface area (Å²) in [6, 6.07) is 7.96. The molecule has 0 spiro atoms. The third-order valence-electron chi connectivity index (χ3n) is 3.79. The minimum absolute atomic E-state index is 0. The van der Waals surface area contributed by atoms with Crippen LogP contribution in [0.2, 0.25) is 0 Å². The quantitative estimate of drug-likeness (QED) is 0.758. The first-order valence-corrected chi connectivity index (χ1v) is 8.32. The number of nitrogens with zero attached hydrogens (tertiary/aromatic N) is 1. The molecule has 0 radical (unpaired) electrons. The van der Waals surface area contributed by atoms with E-state index in [1.165, 1.54) is 5.69 Å². The number of nitrogens with one attached hydrogen (secondary N) is 1. The first-order valence-electron chi connectivity index (χ1n) is 7.52. The highest BCUT2D eigenvalue weighted by molar-refractivity contribution is 9.10. The molecule has 0 saturated carbocycles. The number of hydrogen-bond acceptors (Lipinski definition) is 3. The van der Waals surface area contributed by atoms with Gasteiger partial charge in [0.1, 0.15) is 0 Å². The first kappa shape index (κ1) is 22.5. The van der Waals surface area contributed by atoms with Crippen molar-refractivity contribution < 1.29 is 4.79 Å². The molecule has 1 fully saturated rings. The summed E-state index contributed by atoms with van der Waals surface area (Å²) in [7, 11) is 0. The topological polar surface area (TPSA) is 58.4 Å². The van der Waals surface area contributed by atoms with Crippen molar-refractivity contribution in [3.8, 4) is 0 Å². The maximum atomic E-state index is 12.1. The van der Waals surface area contributed by atoms with Crippen molar-refractivity contribution in [3.05, 3.63) is 28.7 Å². The van der Waals surface area contributed by atoms with E-state index < -0.39 is 6.04 Å². The molecule has 1 amide bonds. The lowest BCUT2D eigenvalue weighted by Crippen LogP contribution is -2.46. The summed E-state index contributed by atoms with van der Waals surface area (Å²) in [5.41, 5.74) is 7.11. The normalized spacial score (nSPS) is 18.1. The number of hydrogen-bond donors (Lipinski definition) is 2. The maximum absolute atomic E-state index is 12.1. The van der Waals surface area contributed by atoms with Crippen molar-refractivity contribution >= 4 is 52.3 Å². The number of rotatable bonds is 5. The average Bonchev–Trinajstić information content (AvgIpc) is 2.86. The first-order chi connectivity index (χ1) is 9.97. The molecular weight excluding hydrogens is 401 g/mol. The Bertz CT molecular complexity index is 502. The van der Waals surface area contributed by atoms with Gasteiger partial charge >= 0.3 is 0 Å². The summed E-state index contributed by atoms with van der Waals surface area (Å²) in [6.45, 7) is 5.95. The highest BCUT2D eigenvalue weighted by Crippen LogP contribution is 2.28. The Balaban J connectivity index is 0.00000242. The maximum Gasteiger partial charge on any atom is 0.237 e. The van der Waals surface area contributed by atoms with E-state index in [0.717, 1.165) is 30.4 Å². The predicted octanol–water partition coefficient (Wildman–Crippen LogP) is 3.36. The van der Waals surface area contributed by atoms with Gasteiger partial charge in [-0.3, -0.25) is 4.79 Å². The lowest BCUT2D eigenvalue weighted by atomic mass is 10.0. The van der Waals surface area contributed by atoms with Crippen molar-refractivity contribution in [1.82, 2.24) is 5.32 Å². The molecule has 1 aromatic carbocycles. The van der Waals surface area contributed by atoms with Gasteiger partial charge in [0.15, 0.2) is 0 Å². The number of benzene rings is 1. The monoisotopic (exact) mass is 425 g/mol. The second-order valence-electron chi connectivity index (χ2n) is 6.13. The Labute approximate surface area is 159 Å². The number of halogens is 3. The van der Waals surface area contributed by atoms with Gasteiger partial charge in [0.25, 0.3) is 0 Å². The number of carbonyl (C=O) groups is 1. The number of carbonyl (C=O) groups excluding carboxylic acids is 1. The SMILES string of the molecule is CC(C)C[C@H](N)C(=O)NC1CCN(c2ccccc2Br)C1.Cl.Cl. The van der Waals surface area contributed by atoms with Crippen LogP contribution in [0, 0.1) is 5.92 Å². The zero-order chi connectivity index (χ0) is 15.4. The zero-order valence-corrected chi connectivity index (χ0v) is 16.7. The summed E-state index contributed by atoms with van der Waals surface area (Å²) >= 11 is 3.58. The largest absolute Gasteiger partial charge is 0.368 e. The van der Waals surface area contributed by atoms with Crippen LogP contribution in [0.3, 0.4) is 0 Å². The van der Waals surface area contributed by atoms with Gasteiger partial charge < -0.3 is 16.0 Å². The van der Waals surface area contributed by atoms with Crippen LogP contribution in [0.5, 0.6) is 0 Å². The molecule has 1 aromatic rings. The van der Waals surface area contributed by atoms with E-state index in [-0.39, 0.29) is 36.8 Å². The van der Waals surface area contributed by atoms with Gasteiger partial charge in [-0.2, -0.15) is 0 Å². The summed E-state index contributed by atoms with van der Waals surface area (Å²) in [6.07, 6.45) is 1.69.